The van der Waals surface area contributed by atoms with Gasteiger partial charge in [0.2, 0.25) is 0 Å². The monoisotopic (exact) mass is 282 g/mol. The van der Waals surface area contributed by atoms with E-state index in [0.717, 1.165) is 12.5 Å². The summed E-state index contributed by atoms with van der Waals surface area (Å²) in [5.41, 5.74) is -0.162. The molecule has 0 amide bonds. The standard InChI is InChI=1S/C13H12F2N2O3/c1-18-9-3-2-8(14)11(15)10(9)13-16-12(17-20-13)7-4-5-19-6-7/h2-3,7H,4-6H2,1H3/t7-/m0/s1. The third-order valence-electron chi connectivity index (χ3n) is 3.23. The highest BCUT2D eigenvalue weighted by Gasteiger charge is 2.26. The van der Waals surface area contributed by atoms with Gasteiger partial charge in [0, 0.05) is 12.5 Å². The maximum Gasteiger partial charge on any atom is 0.264 e. The Balaban J connectivity index is 2.02. The number of aromatic nitrogens is 2. The van der Waals surface area contributed by atoms with Gasteiger partial charge in [0.25, 0.3) is 5.89 Å². The quantitative estimate of drug-likeness (QED) is 0.865. The smallest absolute Gasteiger partial charge is 0.264 e. The first-order valence-corrected chi connectivity index (χ1v) is 6.14. The van der Waals surface area contributed by atoms with Crippen molar-refractivity contribution >= 4 is 0 Å². The van der Waals surface area contributed by atoms with E-state index in [-0.39, 0.29) is 23.1 Å². The predicted octanol–water partition coefficient (Wildman–Crippen LogP) is 2.53. The zero-order valence-corrected chi connectivity index (χ0v) is 10.7. The summed E-state index contributed by atoms with van der Waals surface area (Å²) in [6.07, 6.45) is 0.780. The van der Waals surface area contributed by atoms with Gasteiger partial charge < -0.3 is 14.0 Å². The fraction of sp³-hybridized carbons (Fsp3) is 0.385. The molecule has 1 aliphatic rings. The molecular weight excluding hydrogens is 270 g/mol. The Morgan fingerprint density at radius 2 is 2.20 bits per heavy atom. The number of halogens is 2. The van der Waals surface area contributed by atoms with Crippen LogP contribution in [0.1, 0.15) is 18.2 Å². The second kappa shape index (κ2) is 5.16. The van der Waals surface area contributed by atoms with Crippen LogP contribution in [-0.2, 0) is 4.74 Å². The van der Waals surface area contributed by atoms with Gasteiger partial charge in [-0.05, 0) is 18.6 Å². The van der Waals surface area contributed by atoms with Gasteiger partial charge in [-0.1, -0.05) is 5.16 Å². The van der Waals surface area contributed by atoms with Crippen LogP contribution in [0.4, 0.5) is 8.78 Å². The largest absolute Gasteiger partial charge is 0.496 e. The molecule has 106 valence electrons. The average molecular weight is 282 g/mol. The highest BCUT2D eigenvalue weighted by Crippen LogP contribution is 2.34. The molecule has 20 heavy (non-hydrogen) atoms. The third kappa shape index (κ3) is 2.14. The summed E-state index contributed by atoms with van der Waals surface area (Å²) in [5.74, 6) is -1.56. The topological polar surface area (TPSA) is 57.4 Å². The van der Waals surface area contributed by atoms with Gasteiger partial charge in [0.15, 0.2) is 17.5 Å². The molecule has 1 aromatic heterocycles. The fourth-order valence-corrected chi connectivity index (χ4v) is 2.14. The number of hydrogen-bond donors (Lipinski definition) is 0. The molecule has 1 atom stereocenters. The maximum atomic E-state index is 13.9. The molecule has 2 aromatic rings. The molecule has 0 spiro atoms. The molecule has 0 bridgehead atoms. The molecule has 2 heterocycles. The SMILES string of the molecule is COc1ccc(F)c(F)c1-c1nc([C@H]2CCOC2)no1. The molecule has 5 nitrogen and oxygen atoms in total. The zero-order valence-electron chi connectivity index (χ0n) is 10.7. The van der Waals surface area contributed by atoms with Gasteiger partial charge in [0.1, 0.15) is 11.3 Å². The van der Waals surface area contributed by atoms with Crippen molar-refractivity contribution in [2.75, 3.05) is 20.3 Å². The first-order chi connectivity index (χ1) is 9.70. The molecule has 1 aromatic carbocycles. The van der Waals surface area contributed by atoms with E-state index in [0.29, 0.717) is 19.0 Å². The van der Waals surface area contributed by atoms with Crippen LogP contribution < -0.4 is 4.74 Å². The van der Waals surface area contributed by atoms with Crippen LogP contribution in [0.2, 0.25) is 0 Å². The lowest BCUT2D eigenvalue weighted by atomic mass is 10.1. The highest BCUT2D eigenvalue weighted by molar-refractivity contribution is 5.63. The third-order valence-corrected chi connectivity index (χ3v) is 3.23. The van der Waals surface area contributed by atoms with Crippen molar-refractivity contribution in [3.8, 4) is 17.2 Å². The second-order valence-electron chi connectivity index (χ2n) is 4.46. The lowest BCUT2D eigenvalue weighted by Gasteiger charge is -2.06. The molecule has 1 fully saturated rings. The van der Waals surface area contributed by atoms with Gasteiger partial charge in [0.05, 0.1) is 13.7 Å². The van der Waals surface area contributed by atoms with Crippen molar-refractivity contribution in [3.05, 3.63) is 29.6 Å². The summed E-state index contributed by atoms with van der Waals surface area (Å²) in [6.45, 7) is 1.13. The molecule has 0 radical (unpaired) electrons. The Kier molecular flexibility index (Phi) is 3.35. The number of nitrogens with zero attached hydrogens (tertiary/aromatic N) is 2. The van der Waals surface area contributed by atoms with Crippen LogP contribution in [-0.4, -0.2) is 30.5 Å². The van der Waals surface area contributed by atoms with Gasteiger partial charge in [-0.15, -0.1) is 0 Å². The fourth-order valence-electron chi connectivity index (χ4n) is 2.14. The molecule has 1 aliphatic heterocycles. The van der Waals surface area contributed by atoms with E-state index >= 15 is 0 Å². The van der Waals surface area contributed by atoms with Gasteiger partial charge >= 0.3 is 0 Å². The van der Waals surface area contributed by atoms with Crippen molar-refractivity contribution in [1.82, 2.24) is 10.1 Å². The zero-order chi connectivity index (χ0) is 14.1. The summed E-state index contributed by atoms with van der Waals surface area (Å²) >= 11 is 0. The Labute approximate surface area is 113 Å². The van der Waals surface area contributed by atoms with Crippen LogP contribution in [0, 0.1) is 11.6 Å². The first-order valence-electron chi connectivity index (χ1n) is 6.14. The lowest BCUT2D eigenvalue weighted by molar-refractivity contribution is 0.192. The van der Waals surface area contributed by atoms with Crippen molar-refractivity contribution in [1.29, 1.82) is 0 Å². The van der Waals surface area contributed by atoms with Gasteiger partial charge in [-0.2, -0.15) is 4.98 Å². The van der Waals surface area contributed by atoms with Crippen LogP contribution in [0.15, 0.2) is 16.7 Å². The summed E-state index contributed by atoms with van der Waals surface area (Å²) in [6, 6.07) is 2.30. The molecule has 3 rings (SSSR count). The van der Waals surface area contributed by atoms with Crippen molar-refractivity contribution in [2.45, 2.75) is 12.3 Å². The Morgan fingerprint density at radius 1 is 1.35 bits per heavy atom. The number of hydrogen-bond acceptors (Lipinski definition) is 5. The van der Waals surface area contributed by atoms with Crippen molar-refractivity contribution in [3.63, 3.8) is 0 Å². The molecule has 0 saturated carbocycles. The summed E-state index contributed by atoms with van der Waals surface area (Å²) < 4.78 is 42.5. The Hall–Kier alpha value is -2.02. The van der Waals surface area contributed by atoms with E-state index in [1.54, 1.807) is 0 Å². The lowest BCUT2D eigenvalue weighted by Crippen LogP contribution is -2.00. The molecular formula is C13H12F2N2O3. The number of rotatable bonds is 3. The molecule has 0 N–H and O–H groups in total. The predicted molar refractivity (Wildman–Crippen MR) is 64.4 cm³/mol. The first kappa shape index (κ1) is 13.0. The minimum atomic E-state index is -1.07. The summed E-state index contributed by atoms with van der Waals surface area (Å²) in [7, 11) is 1.36. The van der Waals surface area contributed by atoms with Gasteiger partial charge in [-0.25, -0.2) is 8.78 Å². The average Bonchev–Trinajstić information content (AvgIpc) is 3.11. The van der Waals surface area contributed by atoms with E-state index in [2.05, 4.69) is 10.1 Å². The summed E-state index contributed by atoms with van der Waals surface area (Å²) in [4.78, 5) is 4.13. The Bertz CT molecular complexity index is 624. The molecule has 0 unspecified atom stereocenters. The molecule has 1 saturated heterocycles. The van der Waals surface area contributed by atoms with Crippen LogP contribution in [0.5, 0.6) is 5.75 Å². The number of methoxy groups -OCH3 is 1. The van der Waals surface area contributed by atoms with E-state index in [9.17, 15) is 8.78 Å². The van der Waals surface area contributed by atoms with E-state index in [4.69, 9.17) is 14.0 Å². The normalized spacial score (nSPS) is 18.4. The Morgan fingerprint density at radius 3 is 2.90 bits per heavy atom. The number of ether oxygens (including phenoxy) is 2. The maximum absolute atomic E-state index is 13.9. The van der Waals surface area contributed by atoms with E-state index in [1.165, 1.54) is 13.2 Å². The molecule has 0 aliphatic carbocycles. The van der Waals surface area contributed by atoms with E-state index in [1.807, 2.05) is 0 Å². The van der Waals surface area contributed by atoms with Crippen molar-refractivity contribution < 1.29 is 22.8 Å². The van der Waals surface area contributed by atoms with E-state index < -0.39 is 11.6 Å². The van der Waals surface area contributed by atoms with Crippen LogP contribution >= 0.6 is 0 Å². The number of benzene rings is 1. The summed E-state index contributed by atoms with van der Waals surface area (Å²) in [5, 5.41) is 3.81. The molecule has 7 heteroatoms. The minimum Gasteiger partial charge on any atom is -0.496 e. The van der Waals surface area contributed by atoms with Gasteiger partial charge in [-0.3, -0.25) is 0 Å². The minimum absolute atomic E-state index is 0.0233. The van der Waals surface area contributed by atoms with Crippen LogP contribution in [0.3, 0.4) is 0 Å². The second-order valence-corrected chi connectivity index (χ2v) is 4.46. The highest BCUT2D eigenvalue weighted by atomic mass is 19.2. The van der Waals surface area contributed by atoms with Crippen molar-refractivity contribution in [2.24, 2.45) is 0 Å². The van der Waals surface area contributed by atoms with Crippen LogP contribution in [0.25, 0.3) is 11.5 Å².